The van der Waals surface area contributed by atoms with Gasteiger partial charge in [-0.05, 0) is 67.0 Å². The highest BCUT2D eigenvalue weighted by Crippen LogP contribution is 2.47. The third kappa shape index (κ3) is 4.68. The van der Waals surface area contributed by atoms with Crippen molar-refractivity contribution in [3.8, 4) is 11.5 Å². The highest BCUT2D eigenvalue weighted by molar-refractivity contribution is 5.95. The highest BCUT2D eigenvalue weighted by atomic mass is 19.1. The first-order valence-electron chi connectivity index (χ1n) is 13.6. The minimum atomic E-state index is -0.458. The summed E-state index contributed by atoms with van der Waals surface area (Å²) in [6.45, 7) is 4.63. The molecule has 1 aliphatic carbocycles. The van der Waals surface area contributed by atoms with Crippen LogP contribution in [0.1, 0.15) is 72.6 Å². The number of hydrogen-bond donors (Lipinski definition) is 1. The minimum absolute atomic E-state index is 0.208. The van der Waals surface area contributed by atoms with Gasteiger partial charge in [-0.1, -0.05) is 38.0 Å². The monoisotopic (exact) mass is 516 g/mol. The Kier molecular flexibility index (Phi) is 6.64. The van der Waals surface area contributed by atoms with E-state index in [1.165, 1.54) is 12.1 Å². The zero-order valence-corrected chi connectivity index (χ0v) is 21.7. The molecule has 3 aromatic rings. The molecule has 1 N–H and O–H groups in total. The molecule has 0 radical (unpaired) electrons. The lowest BCUT2D eigenvalue weighted by molar-refractivity contribution is 0.0947. The second kappa shape index (κ2) is 10.2. The molecule has 2 aliphatic heterocycles. The van der Waals surface area contributed by atoms with Crippen molar-refractivity contribution >= 4 is 11.9 Å². The molecule has 0 spiro atoms. The number of benzene rings is 2. The number of rotatable bonds is 6. The molecular formula is C30H33FN4O3. The summed E-state index contributed by atoms with van der Waals surface area (Å²) >= 11 is 0. The molecule has 7 nitrogen and oxygen atoms in total. The van der Waals surface area contributed by atoms with Crippen molar-refractivity contribution in [3.63, 3.8) is 0 Å². The summed E-state index contributed by atoms with van der Waals surface area (Å²) in [6.07, 6.45) is 7.64. The van der Waals surface area contributed by atoms with Gasteiger partial charge in [0.1, 0.15) is 5.82 Å². The lowest BCUT2D eigenvalue weighted by Gasteiger charge is -2.34. The van der Waals surface area contributed by atoms with Crippen molar-refractivity contribution in [1.82, 2.24) is 15.3 Å². The summed E-state index contributed by atoms with van der Waals surface area (Å²) in [4.78, 5) is 25.7. The fourth-order valence-corrected chi connectivity index (χ4v) is 6.00. The van der Waals surface area contributed by atoms with E-state index in [9.17, 15) is 9.18 Å². The van der Waals surface area contributed by atoms with Gasteiger partial charge in [-0.15, -0.1) is 0 Å². The highest BCUT2D eigenvalue weighted by Gasteiger charge is 2.42. The van der Waals surface area contributed by atoms with Crippen LogP contribution in [-0.4, -0.2) is 35.8 Å². The Morgan fingerprint density at radius 2 is 1.82 bits per heavy atom. The third-order valence-corrected chi connectivity index (χ3v) is 8.28. The van der Waals surface area contributed by atoms with E-state index in [-0.39, 0.29) is 18.5 Å². The molecule has 0 unspecified atom stereocenters. The number of carbonyl (C=O) groups excluding carboxylic acids is 1. The number of hydrogen-bond acceptors (Lipinski definition) is 6. The molecule has 3 aliphatic rings. The van der Waals surface area contributed by atoms with Crippen molar-refractivity contribution in [1.29, 1.82) is 0 Å². The van der Waals surface area contributed by atoms with E-state index in [1.54, 1.807) is 6.20 Å². The normalized spacial score (nSPS) is 18.5. The molecule has 1 saturated heterocycles. The molecule has 0 atom stereocenters. The second-order valence-corrected chi connectivity index (χ2v) is 10.8. The first-order valence-corrected chi connectivity index (χ1v) is 13.6. The van der Waals surface area contributed by atoms with Gasteiger partial charge in [-0.2, -0.15) is 0 Å². The van der Waals surface area contributed by atoms with Gasteiger partial charge in [-0.3, -0.25) is 4.79 Å². The second-order valence-electron chi connectivity index (χ2n) is 10.8. The zero-order chi connectivity index (χ0) is 26.1. The van der Waals surface area contributed by atoms with Crippen LogP contribution in [0.15, 0.2) is 48.7 Å². The molecule has 1 aromatic heterocycles. The molecule has 2 aromatic carbocycles. The number of halogens is 1. The van der Waals surface area contributed by atoms with Crippen molar-refractivity contribution < 1.29 is 18.7 Å². The van der Waals surface area contributed by atoms with Crippen LogP contribution < -0.4 is 19.7 Å². The topological polar surface area (TPSA) is 76.6 Å². The van der Waals surface area contributed by atoms with Gasteiger partial charge in [-0.25, -0.2) is 14.4 Å². The maximum absolute atomic E-state index is 13.9. The van der Waals surface area contributed by atoms with Gasteiger partial charge in [0, 0.05) is 31.2 Å². The average Bonchev–Trinajstić information content (AvgIpc) is 3.63. The van der Waals surface area contributed by atoms with Crippen LogP contribution in [0.5, 0.6) is 11.5 Å². The van der Waals surface area contributed by atoms with Crippen LogP contribution in [0.2, 0.25) is 0 Å². The van der Waals surface area contributed by atoms with Gasteiger partial charge in [0.25, 0.3) is 5.91 Å². The number of carbonyl (C=O) groups is 1. The Hall–Kier alpha value is -3.68. The van der Waals surface area contributed by atoms with E-state index in [1.807, 2.05) is 30.3 Å². The number of aromatic nitrogens is 2. The van der Waals surface area contributed by atoms with Crippen molar-refractivity contribution in [2.75, 3.05) is 24.8 Å². The molecule has 2 fully saturated rings. The summed E-state index contributed by atoms with van der Waals surface area (Å²) in [5.41, 5.74) is 2.68. The Labute approximate surface area is 222 Å². The molecule has 198 valence electrons. The number of nitrogens with zero attached hydrogens (tertiary/aromatic N) is 3. The number of anilines is 1. The van der Waals surface area contributed by atoms with Gasteiger partial charge in [0.2, 0.25) is 12.7 Å². The maximum atomic E-state index is 13.9. The van der Waals surface area contributed by atoms with E-state index >= 15 is 0 Å². The summed E-state index contributed by atoms with van der Waals surface area (Å²) < 4.78 is 24.8. The molecular weight excluding hydrogens is 483 g/mol. The van der Waals surface area contributed by atoms with Crippen LogP contribution in [0.25, 0.3) is 0 Å². The van der Waals surface area contributed by atoms with Crippen LogP contribution in [0, 0.1) is 11.7 Å². The largest absolute Gasteiger partial charge is 0.454 e. The first kappa shape index (κ1) is 24.6. The zero-order valence-electron chi connectivity index (χ0n) is 21.7. The quantitative estimate of drug-likeness (QED) is 0.475. The van der Waals surface area contributed by atoms with Gasteiger partial charge in [0.15, 0.2) is 11.5 Å². The smallest absolute Gasteiger partial charge is 0.255 e. The fourth-order valence-electron chi connectivity index (χ4n) is 6.00. The molecule has 6 rings (SSSR count). The summed E-state index contributed by atoms with van der Waals surface area (Å²) in [7, 11) is 0. The summed E-state index contributed by atoms with van der Waals surface area (Å²) in [5, 5.41) is 3.06. The number of piperidine rings is 1. The molecule has 38 heavy (non-hydrogen) atoms. The predicted octanol–water partition coefficient (Wildman–Crippen LogP) is 5.37. The standard InChI is InChI=1S/C30H33FN4O3/c1-20-10-14-35(15-11-20)29-33-18-24(28(36)32-17-21-4-9-25-26(16-21)38-19-37-25)27(34-29)30(12-2-3-13-30)22-5-7-23(31)8-6-22/h4-9,16,18,20H,2-3,10-15,17,19H2,1H3,(H,32,36). The van der Waals surface area contributed by atoms with Crippen LogP contribution in [0.3, 0.4) is 0 Å². The summed E-state index contributed by atoms with van der Waals surface area (Å²) in [5.74, 6) is 2.27. The molecule has 3 heterocycles. The Balaban J connectivity index is 1.35. The van der Waals surface area contributed by atoms with Gasteiger partial charge < -0.3 is 19.7 Å². The molecule has 8 heteroatoms. The number of ether oxygens (including phenoxy) is 2. The fraction of sp³-hybridized carbons (Fsp3) is 0.433. The van der Waals surface area contributed by atoms with Gasteiger partial charge in [0.05, 0.1) is 11.3 Å². The predicted molar refractivity (Wildman–Crippen MR) is 142 cm³/mol. The number of fused-ring (bicyclic) bond motifs is 1. The Bertz CT molecular complexity index is 1320. The van der Waals surface area contributed by atoms with E-state index in [0.29, 0.717) is 35.5 Å². The summed E-state index contributed by atoms with van der Waals surface area (Å²) in [6, 6.07) is 12.4. The van der Waals surface area contributed by atoms with Gasteiger partial charge >= 0.3 is 0 Å². The Morgan fingerprint density at radius 1 is 1.08 bits per heavy atom. The van der Waals surface area contributed by atoms with E-state index in [0.717, 1.165) is 68.4 Å². The lowest BCUT2D eigenvalue weighted by atomic mass is 9.74. The van der Waals surface area contributed by atoms with Crippen LogP contribution in [0.4, 0.5) is 10.3 Å². The van der Waals surface area contributed by atoms with Crippen LogP contribution >= 0.6 is 0 Å². The van der Waals surface area contributed by atoms with Crippen LogP contribution in [-0.2, 0) is 12.0 Å². The van der Waals surface area contributed by atoms with Crippen molar-refractivity contribution in [3.05, 3.63) is 76.9 Å². The SMILES string of the molecule is CC1CCN(c2ncc(C(=O)NCc3ccc4c(c3)OCO4)c(C3(c4ccc(F)cc4)CCCC3)n2)CC1. The van der Waals surface area contributed by atoms with Crippen molar-refractivity contribution in [2.45, 2.75) is 57.4 Å². The average molecular weight is 517 g/mol. The van der Waals surface area contributed by atoms with Crippen molar-refractivity contribution in [2.24, 2.45) is 5.92 Å². The maximum Gasteiger partial charge on any atom is 0.255 e. The number of nitrogens with one attached hydrogen (secondary N) is 1. The molecule has 1 saturated carbocycles. The Morgan fingerprint density at radius 3 is 2.58 bits per heavy atom. The van der Waals surface area contributed by atoms with E-state index in [2.05, 4.69) is 22.1 Å². The molecule has 0 bridgehead atoms. The van der Waals surface area contributed by atoms with E-state index < -0.39 is 5.41 Å². The third-order valence-electron chi connectivity index (χ3n) is 8.28. The van der Waals surface area contributed by atoms with E-state index in [4.69, 9.17) is 14.5 Å². The lowest BCUT2D eigenvalue weighted by Crippen LogP contribution is -2.37. The first-order chi connectivity index (χ1) is 18.5. The number of amides is 1. The molecule has 1 amide bonds. The minimum Gasteiger partial charge on any atom is -0.454 e.